The van der Waals surface area contributed by atoms with Crippen LogP contribution in [-0.2, 0) is 19.1 Å². The summed E-state index contributed by atoms with van der Waals surface area (Å²) in [5.74, 6) is -0.592. The number of nitrogens with zero attached hydrogens (tertiary/aromatic N) is 1. The van der Waals surface area contributed by atoms with E-state index in [0.29, 0.717) is 5.75 Å². The summed E-state index contributed by atoms with van der Waals surface area (Å²) < 4.78 is 4.43. The maximum Gasteiger partial charge on any atom is 0.325 e. The van der Waals surface area contributed by atoms with Gasteiger partial charge in [0.2, 0.25) is 11.8 Å². The van der Waals surface area contributed by atoms with E-state index in [9.17, 15) is 14.4 Å². The summed E-state index contributed by atoms with van der Waals surface area (Å²) in [6.07, 6.45) is 0. The highest BCUT2D eigenvalue weighted by atomic mass is 32.2. The molecule has 1 aromatic rings. The van der Waals surface area contributed by atoms with E-state index in [2.05, 4.69) is 10.1 Å². The van der Waals surface area contributed by atoms with Crippen molar-refractivity contribution in [1.82, 2.24) is 10.2 Å². The highest BCUT2D eigenvalue weighted by Gasteiger charge is 2.34. The molecule has 2 amide bonds. The zero-order chi connectivity index (χ0) is 14.5. The minimum atomic E-state index is -0.519. The number of nitrogens with one attached hydrogen (secondary N) is 1. The molecule has 0 bridgehead atoms. The van der Waals surface area contributed by atoms with Crippen LogP contribution < -0.4 is 5.32 Å². The Hall–Kier alpha value is -1.54. The van der Waals surface area contributed by atoms with Gasteiger partial charge in [-0.15, -0.1) is 11.8 Å². The largest absolute Gasteiger partial charge is 0.468 e. The van der Waals surface area contributed by atoms with Crippen LogP contribution in [0.15, 0.2) is 16.8 Å². The molecule has 1 aliphatic rings. The van der Waals surface area contributed by atoms with Gasteiger partial charge in [0.05, 0.1) is 12.9 Å². The van der Waals surface area contributed by atoms with Gasteiger partial charge < -0.3 is 15.0 Å². The smallest absolute Gasteiger partial charge is 0.325 e. The normalized spacial score (nSPS) is 18.1. The van der Waals surface area contributed by atoms with Gasteiger partial charge >= 0.3 is 5.97 Å². The van der Waals surface area contributed by atoms with Crippen LogP contribution in [0, 0.1) is 0 Å². The molecule has 0 aliphatic carbocycles. The minimum absolute atomic E-state index is 0.0522. The molecule has 0 saturated carbocycles. The summed E-state index contributed by atoms with van der Waals surface area (Å²) in [6.45, 7) is -0.239. The summed E-state index contributed by atoms with van der Waals surface area (Å²) in [5.41, 5.74) is 1.02. The summed E-state index contributed by atoms with van der Waals surface area (Å²) in [7, 11) is 1.25. The first kappa shape index (κ1) is 14.9. The van der Waals surface area contributed by atoms with Crippen LogP contribution in [0.5, 0.6) is 0 Å². The molecular weight excluding hydrogens is 300 g/mol. The number of thiophene rings is 1. The van der Waals surface area contributed by atoms with Crippen LogP contribution in [0.1, 0.15) is 10.9 Å². The fraction of sp³-hybridized carbons (Fsp3) is 0.417. The van der Waals surface area contributed by atoms with E-state index >= 15 is 0 Å². The predicted molar refractivity (Wildman–Crippen MR) is 76.3 cm³/mol. The molecule has 1 atom stereocenters. The Labute approximate surface area is 124 Å². The zero-order valence-corrected chi connectivity index (χ0v) is 12.5. The zero-order valence-electron chi connectivity index (χ0n) is 10.8. The number of rotatable bonds is 5. The van der Waals surface area contributed by atoms with Crippen LogP contribution in [0.4, 0.5) is 0 Å². The van der Waals surface area contributed by atoms with Crippen molar-refractivity contribution in [2.75, 3.05) is 26.0 Å². The summed E-state index contributed by atoms with van der Waals surface area (Å²) in [6, 6.07) is 1.94. The average molecular weight is 314 g/mol. The standard InChI is InChI=1S/C12H14N2O4S2/c1-18-11(17)4-13-9(15)5-14-10(16)7-20-12(14)8-2-3-19-6-8/h2-3,6,12H,4-5,7H2,1H3,(H,13,15). The number of methoxy groups -OCH3 is 1. The van der Waals surface area contributed by atoms with Gasteiger partial charge in [-0.1, -0.05) is 0 Å². The van der Waals surface area contributed by atoms with Crippen molar-refractivity contribution in [1.29, 1.82) is 0 Å². The lowest BCUT2D eigenvalue weighted by Gasteiger charge is -2.22. The number of carbonyl (C=O) groups is 3. The van der Waals surface area contributed by atoms with E-state index in [1.54, 1.807) is 11.3 Å². The summed E-state index contributed by atoms with van der Waals surface area (Å²) in [4.78, 5) is 36.1. The van der Waals surface area contributed by atoms with Crippen LogP contribution in [0.25, 0.3) is 0 Å². The SMILES string of the molecule is COC(=O)CNC(=O)CN1C(=O)CSC1c1ccsc1. The first-order valence-corrected chi connectivity index (χ1v) is 7.87. The van der Waals surface area contributed by atoms with Crippen LogP contribution >= 0.6 is 23.1 Å². The van der Waals surface area contributed by atoms with E-state index in [0.717, 1.165) is 5.56 Å². The van der Waals surface area contributed by atoms with Crippen molar-refractivity contribution in [3.8, 4) is 0 Å². The Balaban J connectivity index is 1.94. The molecule has 2 heterocycles. The number of ether oxygens (including phenoxy) is 1. The maximum atomic E-state index is 11.8. The molecule has 1 aromatic heterocycles. The molecule has 1 saturated heterocycles. The molecule has 1 unspecified atom stereocenters. The van der Waals surface area contributed by atoms with Crippen molar-refractivity contribution in [3.63, 3.8) is 0 Å². The van der Waals surface area contributed by atoms with Crippen LogP contribution in [0.2, 0.25) is 0 Å². The lowest BCUT2D eigenvalue weighted by Crippen LogP contribution is -2.41. The Morgan fingerprint density at radius 1 is 1.55 bits per heavy atom. The van der Waals surface area contributed by atoms with Crippen molar-refractivity contribution < 1.29 is 19.1 Å². The summed E-state index contributed by atoms with van der Waals surface area (Å²) in [5, 5.41) is 6.21. The summed E-state index contributed by atoms with van der Waals surface area (Å²) >= 11 is 3.05. The van der Waals surface area contributed by atoms with E-state index < -0.39 is 5.97 Å². The molecule has 0 spiro atoms. The molecule has 108 valence electrons. The molecule has 1 N–H and O–H groups in total. The molecule has 8 heteroatoms. The third-order valence-corrected chi connectivity index (χ3v) is 4.73. The van der Waals surface area contributed by atoms with Gasteiger partial charge in [-0.25, -0.2) is 0 Å². The molecule has 2 rings (SSSR count). The van der Waals surface area contributed by atoms with Gasteiger partial charge in [-0.2, -0.15) is 11.3 Å². The highest BCUT2D eigenvalue weighted by molar-refractivity contribution is 8.00. The minimum Gasteiger partial charge on any atom is -0.468 e. The van der Waals surface area contributed by atoms with E-state index in [1.807, 2.05) is 16.8 Å². The van der Waals surface area contributed by atoms with Crippen LogP contribution in [0.3, 0.4) is 0 Å². The van der Waals surface area contributed by atoms with E-state index in [-0.39, 0.29) is 30.3 Å². The van der Waals surface area contributed by atoms with Gasteiger partial charge in [-0.05, 0) is 22.4 Å². The van der Waals surface area contributed by atoms with E-state index in [4.69, 9.17) is 0 Å². The first-order valence-electron chi connectivity index (χ1n) is 5.88. The molecule has 0 radical (unpaired) electrons. The van der Waals surface area contributed by atoms with Crippen LogP contribution in [-0.4, -0.2) is 48.6 Å². The second-order valence-corrected chi connectivity index (χ2v) is 5.94. The Morgan fingerprint density at radius 3 is 3.00 bits per heavy atom. The van der Waals surface area contributed by atoms with Gasteiger partial charge in [0.25, 0.3) is 0 Å². The van der Waals surface area contributed by atoms with Crippen molar-refractivity contribution in [2.24, 2.45) is 0 Å². The number of amides is 2. The molecular formula is C12H14N2O4S2. The topological polar surface area (TPSA) is 75.7 Å². The molecule has 1 fully saturated rings. The number of esters is 1. The Kier molecular flexibility index (Phi) is 5.02. The maximum absolute atomic E-state index is 11.8. The van der Waals surface area contributed by atoms with Gasteiger partial charge in [0, 0.05) is 0 Å². The lowest BCUT2D eigenvalue weighted by atomic mass is 10.3. The molecule has 1 aliphatic heterocycles. The number of hydrogen-bond donors (Lipinski definition) is 1. The average Bonchev–Trinajstić information content (AvgIpc) is 3.07. The van der Waals surface area contributed by atoms with Gasteiger partial charge in [0.15, 0.2) is 0 Å². The van der Waals surface area contributed by atoms with Crippen molar-refractivity contribution >= 4 is 40.9 Å². The predicted octanol–water partition coefficient (Wildman–Crippen LogP) is 0.611. The Morgan fingerprint density at radius 2 is 2.35 bits per heavy atom. The fourth-order valence-electron chi connectivity index (χ4n) is 1.77. The van der Waals surface area contributed by atoms with Crippen molar-refractivity contribution in [2.45, 2.75) is 5.37 Å². The third-order valence-electron chi connectivity index (χ3n) is 2.77. The lowest BCUT2D eigenvalue weighted by molar-refractivity contribution is -0.141. The quantitative estimate of drug-likeness (QED) is 0.806. The number of carbonyl (C=O) groups excluding carboxylic acids is 3. The first-order chi connectivity index (χ1) is 9.61. The van der Waals surface area contributed by atoms with Gasteiger partial charge in [-0.3, -0.25) is 14.4 Å². The number of thioether (sulfide) groups is 1. The third kappa shape index (κ3) is 3.51. The van der Waals surface area contributed by atoms with E-state index in [1.165, 1.54) is 23.8 Å². The second-order valence-electron chi connectivity index (χ2n) is 4.09. The van der Waals surface area contributed by atoms with Gasteiger partial charge in [0.1, 0.15) is 18.5 Å². The monoisotopic (exact) mass is 314 g/mol. The fourth-order valence-corrected chi connectivity index (χ4v) is 3.71. The highest BCUT2D eigenvalue weighted by Crippen LogP contribution is 2.38. The number of hydrogen-bond acceptors (Lipinski definition) is 6. The van der Waals surface area contributed by atoms with Crippen molar-refractivity contribution in [3.05, 3.63) is 22.4 Å². The molecule has 20 heavy (non-hydrogen) atoms. The Bertz CT molecular complexity index is 504. The molecule has 6 nitrogen and oxygen atoms in total. The second kappa shape index (κ2) is 6.76. The molecule has 0 aromatic carbocycles.